The minimum absolute atomic E-state index is 0.0173. The summed E-state index contributed by atoms with van der Waals surface area (Å²) < 4.78 is 0. The van der Waals surface area contributed by atoms with Crippen LogP contribution in [0.1, 0.15) is 19.3 Å². The van der Waals surface area contributed by atoms with Crippen molar-refractivity contribution < 1.29 is 14.7 Å². The molecule has 0 spiro atoms. The number of carbonyl (C=O) groups is 2. The normalized spacial score (nSPS) is 31.9. The Balaban J connectivity index is 2.53. The Labute approximate surface area is 72.9 Å². The Bertz CT molecular complexity index is 190. The molecule has 0 aliphatic heterocycles. The van der Waals surface area contributed by atoms with Crippen molar-refractivity contribution in [2.45, 2.75) is 24.1 Å². The molecule has 2 unspecified atom stereocenters. The summed E-state index contributed by atoms with van der Waals surface area (Å²) in [6.45, 7) is 0. The Hall–Kier alpha value is -0.380. The van der Waals surface area contributed by atoms with Crippen LogP contribution in [-0.2, 0) is 9.59 Å². The third kappa shape index (κ3) is 2.02. The number of halogens is 1. The van der Waals surface area contributed by atoms with Gasteiger partial charge in [0.05, 0.1) is 10.7 Å². The second kappa shape index (κ2) is 3.34. The zero-order valence-electron chi connectivity index (χ0n) is 5.92. The smallest absolute Gasteiger partial charge is 0.306 e. The van der Waals surface area contributed by atoms with Crippen molar-refractivity contribution in [2.75, 3.05) is 0 Å². The summed E-state index contributed by atoms with van der Waals surface area (Å²) in [5.41, 5.74) is 0. The van der Waals surface area contributed by atoms with E-state index in [0.29, 0.717) is 12.8 Å². The Morgan fingerprint density at radius 1 is 1.55 bits per heavy atom. The molecule has 0 aromatic carbocycles. The summed E-state index contributed by atoms with van der Waals surface area (Å²) in [5.74, 6) is -1.28. The number of hydrogen-bond donors (Lipinski definition) is 1. The van der Waals surface area contributed by atoms with Crippen molar-refractivity contribution >= 4 is 27.7 Å². The van der Waals surface area contributed by atoms with Crippen LogP contribution >= 0.6 is 15.9 Å². The predicted octanol–water partition coefficient (Wildman–Crippen LogP) is 1.20. The Morgan fingerprint density at radius 3 is 2.64 bits per heavy atom. The van der Waals surface area contributed by atoms with Crippen molar-refractivity contribution in [3.05, 3.63) is 0 Å². The van der Waals surface area contributed by atoms with Gasteiger partial charge in [-0.15, -0.1) is 0 Å². The van der Waals surface area contributed by atoms with Gasteiger partial charge in [0.25, 0.3) is 0 Å². The van der Waals surface area contributed by atoms with Gasteiger partial charge in [0.1, 0.15) is 5.78 Å². The van der Waals surface area contributed by atoms with E-state index in [2.05, 4.69) is 15.9 Å². The van der Waals surface area contributed by atoms with Crippen LogP contribution in [0.15, 0.2) is 0 Å². The second-order valence-corrected chi connectivity index (χ2v) is 3.86. The van der Waals surface area contributed by atoms with E-state index in [-0.39, 0.29) is 17.0 Å². The van der Waals surface area contributed by atoms with Crippen molar-refractivity contribution in [1.82, 2.24) is 0 Å². The SMILES string of the molecule is O=C1CC(C(=O)O)CCC1Br. The Morgan fingerprint density at radius 2 is 2.18 bits per heavy atom. The van der Waals surface area contributed by atoms with Crippen molar-refractivity contribution in [3.63, 3.8) is 0 Å². The lowest BCUT2D eigenvalue weighted by Gasteiger charge is -2.20. The highest BCUT2D eigenvalue weighted by Crippen LogP contribution is 2.25. The summed E-state index contributed by atoms with van der Waals surface area (Å²) in [6.07, 6.45) is 1.44. The first-order valence-corrected chi connectivity index (χ1v) is 4.42. The van der Waals surface area contributed by atoms with E-state index in [1.807, 2.05) is 0 Å². The molecule has 62 valence electrons. The molecule has 3 nitrogen and oxygen atoms in total. The summed E-state index contributed by atoms with van der Waals surface area (Å²) in [7, 11) is 0. The largest absolute Gasteiger partial charge is 0.481 e. The minimum atomic E-state index is -0.849. The highest BCUT2D eigenvalue weighted by Gasteiger charge is 2.30. The van der Waals surface area contributed by atoms with Gasteiger partial charge in [-0.2, -0.15) is 0 Å². The van der Waals surface area contributed by atoms with Crippen LogP contribution in [0.3, 0.4) is 0 Å². The molecule has 1 rings (SSSR count). The molecular formula is C7H9BrO3. The summed E-state index contributed by atoms with van der Waals surface area (Å²) in [4.78, 5) is 21.3. The van der Waals surface area contributed by atoms with Crippen LogP contribution in [0.4, 0.5) is 0 Å². The minimum Gasteiger partial charge on any atom is -0.481 e. The van der Waals surface area contributed by atoms with E-state index < -0.39 is 11.9 Å². The van der Waals surface area contributed by atoms with Gasteiger partial charge in [0.2, 0.25) is 0 Å². The molecule has 2 atom stereocenters. The van der Waals surface area contributed by atoms with Gasteiger partial charge in [-0.1, -0.05) is 15.9 Å². The van der Waals surface area contributed by atoms with Gasteiger partial charge in [-0.3, -0.25) is 9.59 Å². The average molecular weight is 221 g/mol. The van der Waals surface area contributed by atoms with Crippen LogP contribution in [0, 0.1) is 5.92 Å². The van der Waals surface area contributed by atoms with Gasteiger partial charge in [0.15, 0.2) is 0 Å². The topological polar surface area (TPSA) is 54.4 Å². The molecule has 4 heteroatoms. The first kappa shape index (κ1) is 8.71. The highest BCUT2D eigenvalue weighted by atomic mass is 79.9. The fourth-order valence-corrected chi connectivity index (χ4v) is 1.64. The molecule has 0 amide bonds. The molecule has 0 radical (unpaired) electrons. The maximum Gasteiger partial charge on any atom is 0.306 e. The molecule has 0 heterocycles. The quantitative estimate of drug-likeness (QED) is 0.677. The Kier molecular flexibility index (Phi) is 2.65. The number of hydrogen-bond acceptors (Lipinski definition) is 2. The van der Waals surface area contributed by atoms with E-state index in [1.165, 1.54) is 0 Å². The maximum absolute atomic E-state index is 11.0. The second-order valence-electron chi connectivity index (χ2n) is 2.75. The highest BCUT2D eigenvalue weighted by molar-refractivity contribution is 9.10. The van der Waals surface area contributed by atoms with Crippen LogP contribution in [0.5, 0.6) is 0 Å². The van der Waals surface area contributed by atoms with Gasteiger partial charge in [-0.25, -0.2) is 0 Å². The number of rotatable bonds is 1. The third-order valence-corrected chi connectivity index (χ3v) is 2.88. The van der Waals surface area contributed by atoms with Gasteiger partial charge in [0, 0.05) is 6.42 Å². The molecule has 1 fully saturated rings. The summed E-state index contributed by atoms with van der Waals surface area (Å²) in [5, 5.41) is 8.57. The lowest BCUT2D eigenvalue weighted by molar-refractivity contribution is -0.145. The molecule has 1 N–H and O–H groups in total. The number of aliphatic carboxylic acids is 1. The number of carboxylic acid groups (broad SMARTS) is 1. The molecule has 0 aromatic heterocycles. The van der Waals surface area contributed by atoms with Crippen LogP contribution in [0.2, 0.25) is 0 Å². The molecule has 11 heavy (non-hydrogen) atoms. The summed E-state index contributed by atoms with van der Waals surface area (Å²) >= 11 is 3.19. The van der Waals surface area contributed by atoms with Gasteiger partial charge >= 0.3 is 5.97 Å². The van der Waals surface area contributed by atoms with Crippen molar-refractivity contribution in [3.8, 4) is 0 Å². The number of alkyl halides is 1. The lowest BCUT2D eigenvalue weighted by atomic mass is 9.88. The number of ketones is 1. The van der Waals surface area contributed by atoms with E-state index in [0.717, 1.165) is 0 Å². The first-order chi connectivity index (χ1) is 5.11. The van der Waals surface area contributed by atoms with E-state index in [4.69, 9.17) is 5.11 Å². The molecule has 0 bridgehead atoms. The van der Waals surface area contributed by atoms with Crippen molar-refractivity contribution in [2.24, 2.45) is 5.92 Å². The third-order valence-electron chi connectivity index (χ3n) is 1.91. The van der Waals surface area contributed by atoms with Crippen LogP contribution in [0.25, 0.3) is 0 Å². The lowest BCUT2D eigenvalue weighted by Crippen LogP contribution is -2.29. The molecule has 1 aliphatic rings. The van der Waals surface area contributed by atoms with Gasteiger partial charge in [-0.05, 0) is 12.8 Å². The van der Waals surface area contributed by atoms with E-state index >= 15 is 0 Å². The number of Topliss-reactive ketones (excluding diaryl/α,β-unsaturated/α-hetero) is 1. The molecule has 0 aromatic rings. The molecular weight excluding hydrogens is 212 g/mol. The number of carbonyl (C=O) groups excluding carboxylic acids is 1. The van der Waals surface area contributed by atoms with E-state index in [9.17, 15) is 9.59 Å². The fraction of sp³-hybridized carbons (Fsp3) is 0.714. The molecule has 1 saturated carbocycles. The zero-order valence-corrected chi connectivity index (χ0v) is 7.50. The zero-order chi connectivity index (χ0) is 8.43. The maximum atomic E-state index is 11.0. The van der Waals surface area contributed by atoms with Crippen LogP contribution in [-0.4, -0.2) is 21.7 Å². The van der Waals surface area contributed by atoms with Crippen LogP contribution < -0.4 is 0 Å². The predicted molar refractivity (Wildman–Crippen MR) is 42.7 cm³/mol. The first-order valence-electron chi connectivity index (χ1n) is 3.51. The number of carboxylic acids is 1. The van der Waals surface area contributed by atoms with E-state index in [1.54, 1.807) is 0 Å². The molecule has 1 aliphatic carbocycles. The van der Waals surface area contributed by atoms with Gasteiger partial charge < -0.3 is 5.11 Å². The molecule has 0 saturated heterocycles. The monoisotopic (exact) mass is 220 g/mol. The average Bonchev–Trinajstić information content (AvgIpc) is 1.94. The summed E-state index contributed by atoms with van der Waals surface area (Å²) in [6, 6.07) is 0. The standard InChI is InChI=1S/C7H9BrO3/c8-5-2-1-4(7(10)11)3-6(5)9/h4-5H,1-3H2,(H,10,11). The fourth-order valence-electron chi connectivity index (χ4n) is 1.19. The van der Waals surface area contributed by atoms with Crippen molar-refractivity contribution in [1.29, 1.82) is 0 Å².